The molecule has 0 spiro atoms. The standard InChI is InChI=1S/C23H22ClN3O7/c1-23(2,3)22(31)33-12-32-16(28)11-25-21(30)18-19(29)14-9-10-15(26-17(14)20(24)27-18)34-13-7-5-4-6-8-13/h4-10,29H,11-12H2,1-3H3,(H,25,30). The molecule has 0 bridgehead atoms. The van der Waals surface area contributed by atoms with Gasteiger partial charge in [-0.3, -0.25) is 14.4 Å². The Kier molecular flexibility index (Phi) is 7.52. The summed E-state index contributed by atoms with van der Waals surface area (Å²) in [4.78, 5) is 44.0. The largest absolute Gasteiger partial charge is 0.505 e. The average Bonchev–Trinajstić information content (AvgIpc) is 2.79. The van der Waals surface area contributed by atoms with Crippen LogP contribution in [0.5, 0.6) is 17.4 Å². The third kappa shape index (κ3) is 6.10. The normalized spacial score (nSPS) is 11.1. The van der Waals surface area contributed by atoms with E-state index in [1.807, 2.05) is 6.07 Å². The predicted octanol–water partition coefficient (Wildman–Crippen LogP) is 3.60. The van der Waals surface area contributed by atoms with Crippen LogP contribution in [0.15, 0.2) is 42.5 Å². The number of halogens is 1. The number of fused-ring (bicyclic) bond motifs is 1. The predicted molar refractivity (Wildman–Crippen MR) is 122 cm³/mol. The second kappa shape index (κ2) is 10.3. The number of aromatic hydroxyl groups is 1. The van der Waals surface area contributed by atoms with E-state index in [1.54, 1.807) is 45.0 Å². The van der Waals surface area contributed by atoms with Gasteiger partial charge >= 0.3 is 11.9 Å². The van der Waals surface area contributed by atoms with Crippen LogP contribution in [0.3, 0.4) is 0 Å². The van der Waals surface area contributed by atoms with E-state index in [2.05, 4.69) is 15.3 Å². The summed E-state index contributed by atoms with van der Waals surface area (Å²) in [5.74, 6) is -1.97. The van der Waals surface area contributed by atoms with E-state index in [1.165, 1.54) is 12.1 Å². The Hall–Kier alpha value is -3.92. The number of amides is 1. The quantitative estimate of drug-likeness (QED) is 0.291. The van der Waals surface area contributed by atoms with Crippen LogP contribution < -0.4 is 10.1 Å². The molecule has 2 aromatic heterocycles. The number of hydrogen-bond acceptors (Lipinski definition) is 9. The van der Waals surface area contributed by atoms with Crippen molar-refractivity contribution in [3.63, 3.8) is 0 Å². The van der Waals surface area contributed by atoms with Crippen molar-refractivity contribution in [3.8, 4) is 17.4 Å². The van der Waals surface area contributed by atoms with Crippen molar-refractivity contribution >= 4 is 40.3 Å². The molecule has 2 heterocycles. The molecule has 0 aliphatic heterocycles. The first-order valence-electron chi connectivity index (χ1n) is 10.1. The van der Waals surface area contributed by atoms with E-state index < -0.39 is 48.0 Å². The van der Waals surface area contributed by atoms with Gasteiger partial charge in [0.1, 0.15) is 17.8 Å². The number of ether oxygens (including phenoxy) is 3. The maximum atomic E-state index is 12.5. The molecule has 3 rings (SSSR count). The summed E-state index contributed by atoms with van der Waals surface area (Å²) in [6.07, 6.45) is 0. The Morgan fingerprint density at radius 3 is 2.41 bits per heavy atom. The van der Waals surface area contributed by atoms with E-state index in [0.717, 1.165) is 0 Å². The number of esters is 2. The zero-order chi connectivity index (χ0) is 24.9. The van der Waals surface area contributed by atoms with Crippen LogP contribution in [0.4, 0.5) is 0 Å². The summed E-state index contributed by atoms with van der Waals surface area (Å²) >= 11 is 6.19. The second-order valence-electron chi connectivity index (χ2n) is 8.06. The zero-order valence-electron chi connectivity index (χ0n) is 18.6. The minimum absolute atomic E-state index is 0.129. The highest BCUT2D eigenvalue weighted by molar-refractivity contribution is 6.34. The highest BCUT2D eigenvalue weighted by Crippen LogP contribution is 2.33. The van der Waals surface area contributed by atoms with Crippen LogP contribution >= 0.6 is 11.6 Å². The number of aromatic nitrogens is 2. The number of para-hydroxylation sites is 1. The highest BCUT2D eigenvalue weighted by atomic mass is 35.5. The zero-order valence-corrected chi connectivity index (χ0v) is 19.4. The summed E-state index contributed by atoms with van der Waals surface area (Å²) < 4.78 is 15.2. The molecule has 0 aliphatic carbocycles. The molecule has 0 saturated heterocycles. The van der Waals surface area contributed by atoms with Crippen molar-refractivity contribution in [2.75, 3.05) is 13.3 Å². The number of carbonyl (C=O) groups is 3. The fourth-order valence-corrected chi connectivity index (χ4v) is 2.83. The van der Waals surface area contributed by atoms with Gasteiger partial charge in [-0.2, -0.15) is 0 Å². The molecule has 0 unspecified atom stereocenters. The number of carbonyl (C=O) groups excluding carboxylic acids is 3. The Labute approximate surface area is 199 Å². The van der Waals surface area contributed by atoms with Crippen molar-refractivity contribution in [3.05, 3.63) is 53.3 Å². The molecule has 0 fully saturated rings. The lowest BCUT2D eigenvalue weighted by Gasteiger charge is -2.16. The molecule has 34 heavy (non-hydrogen) atoms. The van der Waals surface area contributed by atoms with Crippen LogP contribution in [-0.2, 0) is 19.1 Å². The molecule has 0 atom stereocenters. The maximum absolute atomic E-state index is 12.5. The van der Waals surface area contributed by atoms with Crippen LogP contribution in [0.25, 0.3) is 10.9 Å². The van der Waals surface area contributed by atoms with Crippen molar-refractivity contribution in [2.24, 2.45) is 5.41 Å². The number of rotatable bonds is 7. The van der Waals surface area contributed by atoms with E-state index >= 15 is 0 Å². The molecule has 1 aromatic carbocycles. The molecule has 178 valence electrons. The number of nitrogens with one attached hydrogen (secondary N) is 1. The van der Waals surface area contributed by atoms with Gasteiger partial charge in [0.2, 0.25) is 12.7 Å². The lowest BCUT2D eigenvalue weighted by molar-refractivity contribution is -0.172. The van der Waals surface area contributed by atoms with Gasteiger partial charge in [0.15, 0.2) is 16.6 Å². The molecule has 0 saturated carbocycles. The number of benzene rings is 1. The fourth-order valence-electron chi connectivity index (χ4n) is 2.60. The van der Waals surface area contributed by atoms with Crippen molar-refractivity contribution in [1.29, 1.82) is 0 Å². The first-order chi connectivity index (χ1) is 16.1. The minimum Gasteiger partial charge on any atom is -0.505 e. The van der Waals surface area contributed by atoms with Crippen molar-refractivity contribution < 1.29 is 33.7 Å². The lowest BCUT2D eigenvalue weighted by Crippen LogP contribution is -2.32. The molecule has 2 N–H and O–H groups in total. The molecule has 11 heteroatoms. The van der Waals surface area contributed by atoms with Crippen LogP contribution in [0.1, 0.15) is 31.3 Å². The van der Waals surface area contributed by atoms with Crippen LogP contribution in [0.2, 0.25) is 5.15 Å². The van der Waals surface area contributed by atoms with Crippen LogP contribution in [0, 0.1) is 5.41 Å². The van der Waals surface area contributed by atoms with Gasteiger partial charge in [-0.15, -0.1) is 0 Å². The van der Waals surface area contributed by atoms with Gasteiger partial charge in [-0.25, -0.2) is 9.97 Å². The van der Waals surface area contributed by atoms with Gasteiger partial charge in [0.25, 0.3) is 5.91 Å². The summed E-state index contributed by atoms with van der Waals surface area (Å²) in [6.45, 7) is 3.81. The Morgan fingerprint density at radius 1 is 1.03 bits per heavy atom. The molecule has 0 radical (unpaired) electrons. The summed E-state index contributed by atoms with van der Waals surface area (Å²) in [5.41, 5.74) is -1.02. The van der Waals surface area contributed by atoms with Crippen molar-refractivity contribution in [2.45, 2.75) is 20.8 Å². The Balaban J connectivity index is 1.65. The van der Waals surface area contributed by atoms with Gasteiger partial charge in [0, 0.05) is 11.5 Å². The highest BCUT2D eigenvalue weighted by Gasteiger charge is 2.24. The molecule has 1 amide bonds. The number of nitrogens with zero attached hydrogens (tertiary/aromatic N) is 2. The molecular formula is C23H22ClN3O7. The fraction of sp³-hybridized carbons (Fsp3) is 0.261. The molecule has 0 aliphatic rings. The summed E-state index contributed by atoms with van der Waals surface area (Å²) in [5, 5.41) is 12.8. The second-order valence-corrected chi connectivity index (χ2v) is 8.42. The summed E-state index contributed by atoms with van der Waals surface area (Å²) in [7, 11) is 0. The van der Waals surface area contributed by atoms with Crippen molar-refractivity contribution in [1.82, 2.24) is 15.3 Å². The molecular weight excluding hydrogens is 466 g/mol. The minimum atomic E-state index is -0.866. The lowest BCUT2D eigenvalue weighted by atomic mass is 9.98. The number of pyridine rings is 2. The van der Waals surface area contributed by atoms with Crippen LogP contribution in [-0.4, -0.2) is 46.3 Å². The van der Waals surface area contributed by atoms with Gasteiger partial charge in [-0.1, -0.05) is 29.8 Å². The molecule has 3 aromatic rings. The van der Waals surface area contributed by atoms with E-state index in [-0.39, 0.29) is 21.9 Å². The maximum Gasteiger partial charge on any atom is 0.328 e. The first kappa shape index (κ1) is 24.7. The first-order valence-corrected chi connectivity index (χ1v) is 10.5. The third-order valence-corrected chi connectivity index (χ3v) is 4.61. The van der Waals surface area contributed by atoms with E-state index in [9.17, 15) is 19.5 Å². The molecule has 10 nitrogen and oxygen atoms in total. The summed E-state index contributed by atoms with van der Waals surface area (Å²) in [6, 6.07) is 11.9. The third-order valence-electron chi connectivity index (χ3n) is 4.35. The Morgan fingerprint density at radius 2 is 1.74 bits per heavy atom. The topological polar surface area (TPSA) is 137 Å². The monoisotopic (exact) mass is 487 g/mol. The average molecular weight is 488 g/mol. The van der Waals surface area contributed by atoms with Gasteiger partial charge in [0.05, 0.1) is 5.41 Å². The van der Waals surface area contributed by atoms with Gasteiger partial charge < -0.3 is 24.6 Å². The number of hydrogen-bond donors (Lipinski definition) is 2. The smallest absolute Gasteiger partial charge is 0.328 e. The SMILES string of the molecule is CC(C)(C)C(=O)OCOC(=O)CNC(=O)c1nc(Cl)c2nc(Oc3ccccc3)ccc2c1O. The van der Waals surface area contributed by atoms with Gasteiger partial charge in [-0.05, 0) is 39.0 Å². The van der Waals surface area contributed by atoms with E-state index in [0.29, 0.717) is 5.75 Å². The Bertz CT molecular complexity index is 1230. The van der Waals surface area contributed by atoms with E-state index in [4.69, 9.17) is 25.8 Å².